The molecule has 11 heteroatoms. The summed E-state index contributed by atoms with van der Waals surface area (Å²) in [5.74, 6) is 0.532. The zero-order valence-corrected chi connectivity index (χ0v) is 18.9. The summed E-state index contributed by atoms with van der Waals surface area (Å²) < 4.78 is 6.62. The van der Waals surface area contributed by atoms with Crippen LogP contribution in [0.1, 0.15) is 15.2 Å². The van der Waals surface area contributed by atoms with Gasteiger partial charge in [0, 0.05) is 45.3 Å². The standard InChI is InChI=1S/C20H23N5O4S2/c1-13-3-4-14(29-2)17-18(13)31-20(22-17)24-11-9-23(10-12-24)8-7-21-19(26)15-5-6-16(30-15)25(27)28/h3-6H,7-12H2,1-2H3,(H,21,26). The minimum atomic E-state index is -0.482. The van der Waals surface area contributed by atoms with Crippen LogP contribution in [0.15, 0.2) is 24.3 Å². The van der Waals surface area contributed by atoms with E-state index in [1.165, 1.54) is 17.7 Å². The Hall–Kier alpha value is -2.76. The molecule has 31 heavy (non-hydrogen) atoms. The summed E-state index contributed by atoms with van der Waals surface area (Å²) in [6.07, 6.45) is 0. The summed E-state index contributed by atoms with van der Waals surface area (Å²) in [5.41, 5.74) is 2.12. The molecule has 0 bridgehead atoms. The molecule has 0 saturated carbocycles. The SMILES string of the molecule is COc1ccc(C)c2sc(N3CCN(CCNC(=O)c4ccc([N+](=O)[O-])s4)CC3)nc12. The highest BCUT2D eigenvalue weighted by Crippen LogP contribution is 2.36. The van der Waals surface area contributed by atoms with Crippen LogP contribution in [-0.2, 0) is 0 Å². The molecule has 3 aromatic rings. The molecule has 9 nitrogen and oxygen atoms in total. The Morgan fingerprint density at radius 3 is 2.68 bits per heavy atom. The highest BCUT2D eigenvalue weighted by molar-refractivity contribution is 7.22. The molecule has 1 fully saturated rings. The van der Waals surface area contributed by atoms with Crippen LogP contribution in [0.5, 0.6) is 5.75 Å². The summed E-state index contributed by atoms with van der Waals surface area (Å²) in [6, 6.07) is 6.87. The molecule has 0 atom stereocenters. The maximum Gasteiger partial charge on any atom is 0.324 e. The number of nitrogens with one attached hydrogen (secondary N) is 1. The zero-order chi connectivity index (χ0) is 22.0. The Morgan fingerprint density at radius 1 is 1.23 bits per heavy atom. The van der Waals surface area contributed by atoms with Gasteiger partial charge in [-0.2, -0.15) is 0 Å². The third-order valence-electron chi connectivity index (χ3n) is 5.26. The van der Waals surface area contributed by atoms with Gasteiger partial charge in [0.2, 0.25) is 0 Å². The van der Waals surface area contributed by atoms with Gasteiger partial charge in [0.15, 0.2) is 5.13 Å². The van der Waals surface area contributed by atoms with E-state index >= 15 is 0 Å². The van der Waals surface area contributed by atoms with Crippen LogP contribution in [0.4, 0.5) is 10.1 Å². The first-order valence-electron chi connectivity index (χ1n) is 9.90. The van der Waals surface area contributed by atoms with E-state index in [0.717, 1.165) is 65.2 Å². The van der Waals surface area contributed by atoms with Crippen molar-refractivity contribution in [2.45, 2.75) is 6.92 Å². The van der Waals surface area contributed by atoms with Crippen molar-refractivity contribution in [3.8, 4) is 5.75 Å². The molecule has 0 spiro atoms. The number of rotatable bonds is 7. The van der Waals surface area contributed by atoms with Crippen molar-refractivity contribution in [3.63, 3.8) is 0 Å². The van der Waals surface area contributed by atoms with Gasteiger partial charge in [-0.15, -0.1) is 0 Å². The normalized spacial score (nSPS) is 14.7. The monoisotopic (exact) mass is 461 g/mol. The molecule has 1 aliphatic heterocycles. The van der Waals surface area contributed by atoms with E-state index < -0.39 is 4.92 Å². The Balaban J connectivity index is 1.28. The lowest BCUT2D eigenvalue weighted by molar-refractivity contribution is -0.380. The number of fused-ring (bicyclic) bond motifs is 1. The minimum absolute atomic E-state index is 0.0241. The summed E-state index contributed by atoms with van der Waals surface area (Å²) in [4.78, 5) is 32.2. The van der Waals surface area contributed by atoms with Gasteiger partial charge in [0.25, 0.3) is 5.91 Å². The number of thiazole rings is 1. The summed E-state index contributed by atoms with van der Waals surface area (Å²) in [6.45, 7) is 6.82. The average molecular weight is 462 g/mol. The number of aryl methyl sites for hydroxylation is 1. The quantitative estimate of drug-likeness (QED) is 0.426. The van der Waals surface area contributed by atoms with E-state index in [1.54, 1.807) is 18.4 Å². The molecular formula is C20H23N5O4S2. The number of hydrogen-bond acceptors (Lipinski definition) is 9. The number of ether oxygens (including phenoxy) is 1. The average Bonchev–Trinajstić information content (AvgIpc) is 3.43. The zero-order valence-electron chi connectivity index (χ0n) is 17.3. The van der Waals surface area contributed by atoms with Gasteiger partial charge in [0.1, 0.15) is 11.3 Å². The van der Waals surface area contributed by atoms with E-state index in [0.29, 0.717) is 11.4 Å². The predicted molar refractivity (Wildman–Crippen MR) is 123 cm³/mol. The Labute approximate surface area is 187 Å². The number of hydrogen-bond donors (Lipinski definition) is 1. The fourth-order valence-electron chi connectivity index (χ4n) is 3.52. The van der Waals surface area contributed by atoms with E-state index in [2.05, 4.69) is 28.1 Å². The Kier molecular flexibility index (Phi) is 6.35. The third kappa shape index (κ3) is 4.63. The number of methoxy groups -OCH3 is 1. The lowest BCUT2D eigenvalue weighted by atomic mass is 10.2. The molecule has 3 heterocycles. The number of piperazine rings is 1. The second-order valence-corrected chi connectivity index (χ2v) is 9.28. The lowest BCUT2D eigenvalue weighted by Gasteiger charge is -2.34. The van der Waals surface area contributed by atoms with Crippen LogP contribution in [-0.4, -0.2) is 67.1 Å². The fraction of sp³-hybridized carbons (Fsp3) is 0.400. The lowest BCUT2D eigenvalue weighted by Crippen LogP contribution is -2.48. The maximum absolute atomic E-state index is 12.2. The van der Waals surface area contributed by atoms with Crippen molar-refractivity contribution in [2.75, 3.05) is 51.3 Å². The van der Waals surface area contributed by atoms with E-state index in [4.69, 9.17) is 9.72 Å². The second kappa shape index (κ2) is 9.16. The number of carbonyl (C=O) groups excluding carboxylic acids is 1. The highest BCUT2D eigenvalue weighted by Gasteiger charge is 2.21. The first kappa shape index (κ1) is 21.5. The highest BCUT2D eigenvalue weighted by atomic mass is 32.1. The van der Waals surface area contributed by atoms with Crippen LogP contribution in [0, 0.1) is 17.0 Å². The van der Waals surface area contributed by atoms with Crippen molar-refractivity contribution in [2.24, 2.45) is 0 Å². The van der Waals surface area contributed by atoms with Gasteiger partial charge >= 0.3 is 5.00 Å². The minimum Gasteiger partial charge on any atom is -0.494 e. The maximum atomic E-state index is 12.2. The number of amides is 1. The second-order valence-electron chi connectivity index (χ2n) is 7.24. The molecule has 1 aromatic carbocycles. The number of thiophene rings is 1. The number of nitro groups is 1. The van der Waals surface area contributed by atoms with Gasteiger partial charge in [-0.1, -0.05) is 28.7 Å². The predicted octanol–water partition coefficient (Wildman–Crippen LogP) is 3.14. The molecular weight excluding hydrogens is 438 g/mol. The first-order valence-corrected chi connectivity index (χ1v) is 11.5. The fourth-order valence-corrected chi connectivity index (χ4v) is 5.36. The van der Waals surface area contributed by atoms with Crippen molar-refractivity contribution >= 4 is 48.9 Å². The van der Waals surface area contributed by atoms with Crippen LogP contribution in [0.25, 0.3) is 10.2 Å². The van der Waals surface area contributed by atoms with Gasteiger partial charge in [-0.05, 0) is 24.6 Å². The molecule has 1 amide bonds. The van der Waals surface area contributed by atoms with Crippen LogP contribution in [0.2, 0.25) is 0 Å². The van der Waals surface area contributed by atoms with Crippen molar-refractivity contribution in [1.82, 2.24) is 15.2 Å². The van der Waals surface area contributed by atoms with E-state index in [1.807, 2.05) is 6.07 Å². The number of anilines is 1. The molecule has 0 aliphatic carbocycles. The Bertz CT molecular complexity index is 1100. The topological polar surface area (TPSA) is 101 Å². The van der Waals surface area contributed by atoms with Crippen LogP contribution < -0.4 is 15.0 Å². The number of carbonyl (C=O) groups is 1. The van der Waals surface area contributed by atoms with Gasteiger partial charge < -0.3 is 15.0 Å². The Morgan fingerprint density at radius 2 is 2.00 bits per heavy atom. The van der Waals surface area contributed by atoms with Gasteiger partial charge in [-0.3, -0.25) is 19.8 Å². The molecule has 1 saturated heterocycles. The van der Waals surface area contributed by atoms with Crippen molar-refractivity contribution < 1.29 is 14.5 Å². The summed E-state index contributed by atoms with van der Waals surface area (Å²) in [5, 5.41) is 14.6. The van der Waals surface area contributed by atoms with Crippen LogP contribution >= 0.6 is 22.7 Å². The molecule has 4 rings (SSSR count). The first-order chi connectivity index (χ1) is 15.0. The van der Waals surface area contributed by atoms with Gasteiger partial charge in [-0.25, -0.2) is 4.98 Å². The number of nitrogens with zero attached hydrogens (tertiary/aromatic N) is 4. The molecule has 1 aliphatic rings. The molecule has 164 valence electrons. The third-order valence-corrected chi connectivity index (χ3v) is 7.55. The van der Waals surface area contributed by atoms with E-state index in [9.17, 15) is 14.9 Å². The van der Waals surface area contributed by atoms with Crippen molar-refractivity contribution in [1.29, 1.82) is 0 Å². The van der Waals surface area contributed by atoms with Crippen LogP contribution in [0.3, 0.4) is 0 Å². The summed E-state index contributed by atoms with van der Waals surface area (Å²) >= 11 is 2.59. The van der Waals surface area contributed by atoms with Crippen molar-refractivity contribution in [3.05, 3.63) is 44.8 Å². The molecule has 0 radical (unpaired) electrons. The van der Waals surface area contributed by atoms with E-state index in [-0.39, 0.29) is 10.9 Å². The molecule has 0 unspecified atom stereocenters. The molecule has 1 N–H and O–H groups in total. The molecule has 2 aromatic heterocycles. The number of aromatic nitrogens is 1. The summed E-state index contributed by atoms with van der Waals surface area (Å²) in [7, 11) is 1.67. The smallest absolute Gasteiger partial charge is 0.324 e. The number of benzene rings is 1. The largest absolute Gasteiger partial charge is 0.494 e. The van der Waals surface area contributed by atoms with Gasteiger partial charge in [0.05, 0.1) is 21.6 Å².